The van der Waals surface area contributed by atoms with Gasteiger partial charge in [0.25, 0.3) is 0 Å². The van der Waals surface area contributed by atoms with E-state index in [0.29, 0.717) is 10.1 Å². The fourth-order valence-electron chi connectivity index (χ4n) is 1.52. The summed E-state index contributed by atoms with van der Waals surface area (Å²) >= 11 is 0. The summed E-state index contributed by atoms with van der Waals surface area (Å²) in [5, 5.41) is 4.14. The van der Waals surface area contributed by atoms with Crippen LogP contribution in [0.25, 0.3) is 10.9 Å². The molecule has 17 heavy (non-hydrogen) atoms. The van der Waals surface area contributed by atoms with Gasteiger partial charge >= 0.3 is 6.05 Å². The normalized spacial score (nSPS) is 12.0. The summed E-state index contributed by atoms with van der Waals surface area (Å²) in [4.78, 5) is 15.0. The first-order valence-electron chi connectivity index (χ1n) is 5.18. The first kappa shape index (κ1) is 11.6. The van der Waals surface area contributed by atoms with E-state index >= 15 is 0 Å². The topological polar surface area (TPSA) is 47.8 Å². The van der Waals surface area contributed by atoms with E-state index in [2.05, 4.69) is 10.1 Å². The third kappa shape index (κ3) is 1.90. The van der Waals surface area contributed by atoms with E-state index in [9.17, 15) is 13.6 Å². The number of pyridine rings is 1. The predicted octanol–water partition coefficient (Wildman–Crippen LogP) is 2.59. The number of halogens is 2. The highest BCUT2D eigenvalue weighted by Crippen LogP contribution is 2.28. The highest BCUT2D eigenvalue weighted by Gasteiger charge is 2.31. The fraction of sp³-hybridized carbons (Fsp3) is 0.364. The number of ketones is 1. The number of carbonyl (C=O) groups is 1. The molecule has 6 heteroatoms. The Hall–Kier alpha value is -1.85. The minimum atomic E-state index is -3.06. The van der Waals surface area contributed by atoms with Crippen LogP contribution in [0.15, 0.2) is 18.5 Å². The Morgan fingerprint density at radius 1 is 1.47 bits per heavy atom. The molecule has 0 atom stereocenters. The molecule has 0 aliphatic rings. The van der Waals surface area contributed by atoms with Gasteiger partial charge in [-0.15, -0.1) is 0 Å². The van der Waals surface area contributed by atoms with Crippen molar-refractivity contribution in [1.82, 2.24) is 14.8 Å². The standard InChI is InChI=1S/C11H11F2N3O/c1-3-11(12,13)16-10-4-9(7(2)17)14-5-8(10)6-15-16/h4-6H,3H2,1-2H3. The lowest BCUT2D eigenvalue weighted by atomic mass is 10.2. The Morgan fingerprint density at radius 2 is 2.18 bits per heavy atom. The van der Waals surface area contributed by atoms with Gasteiger partial charge in [0, 0.05) is 24.9 Å². The van der Waals surface area contributed by atoms with E-state index in [1.54, 1.807) is 0 Å². The lowest BCUT2D eigenvalue weighted by molar-refractivity contribution is -0.0910. The predicted molar refractivity (Wildman–Crippen MR) is 58.0 cm³/mol. The number of hydrogen-bond acceptors (Lipinski definition) is 3. The van der Waals surface area contributed by atoms with Gasteiger partial charge in [-0.2, -0.15) is 13.9 Å². The summed E-state index contributed by atoms with van der Waals surface area (Å²) in [6.07, 6.45) is 2.33. The first-order chi connectivity index (χ1) is 7.95. The third-order valence-corrected chi connectivity index (χ3v) is 2.55. The van der Waals surface area contributed by atoms with E-state index in [-0.39, 0.29) is 23.4 Å². The molecule has 0 N–H and O–H groups in total. The highest BCUT2D eigenvalue weighted by atomic mass is 19.3. The Kier molecular flexibility index (Phi) is 2.65. The summed E-state index contributed by atoms with van der Waals surface area (Å²) in [6.45, 7) is 2.72. The van der Waals surface area contributed by atoms with Crippen LogP contribution in [0.2, 0.25) is 0 Å². The molecule has 0 aliphatic carbocycles. The molecule has 2 aromatic rings. The zero-order valence-electron chi connectivity index (χ0n) is 9.44. The average molecular weight is 239 g/mol. The van der Waals surface area contributed by atoms with Crippen LogP contribution in [-0.4, -0.2) is 20.5 Å². The summed E-state index contributed by atoms with van der Waals surface area (Å²) in [5.41, 5.74) is 0.378. The minimum absolute atomic E-state index is 0.158. The molecule has 90 valence electrons. The van der Waals surface area contributed by atoms with E-state index in [1.165, 1.54) is 32.3 Å². The highest BCUT2D eigenvalue weighted by molar-refractivity contribution is 5.95. The summed E-state index contributed by atoms with van der Waals surface area (Å²) in [6, 6.07) is -1.72. The van der Waals surface area contributed by atoms with Gasteiger partial charge in [0.2, 0.25) is 0 Å². The lowest BCUT2D eigenvalue weighted by Gasteiger charge is -2.15. The Labute approximate surface area is 96.3 Å². The van der Waals surface area contributed by atoms with Gasteiger partial charge in [-0.25, -0.2) is 4.68 Å². The zero-order valence-corrected chi connectivity index (χ0v) is 9.44. The number of alkyl halides is 2. The lowest BCUT2D eigenvalue weighted by Crippen LogP contribution is -2.23. The smallest absolute Gasteiger partial charge is 0.293 e. The number of nitrogens with zero attached hydrogens (tertiary/aromatic N) is 3. The molecule has 0 unspecified atom stereocenters. The molecule has 2 heterocycles. The first-order valence-corrected chi connectivity index (χ1v) is 5.18. The van der Waals surface area contributed by atoms with Gasteiger partial charge in [0.1, 0.15) is 5.69 Å². The van der Waals surface area contributed by atoms with Crippen molar-refractivity contribution in [2.45, 2.75) is 26.3 Å². The van der Waals surface area contributed by atoms with Crippen molar-refractivity contribution in [3.63, 3.8) is 0 Å². The molecule has 0 saturated carbocycles. The summed E-state index contributed by atoms with van der Waals surface area (Å²) < 4.78 is 27.8. The molecular weight excluding hydrogens is 228 g/mol. The van der Waals surface area contributed by atoms with Gasteiger partial charge in [0.05, 0.1) is 11.7 Å². The van der Waals surface area contributed by atoms with Crippen molar-refractivity contribution in [2.24, 2.45) is 0 Å². The van der Waals surface area contributed by atoms with Crippen molar-refractivity contribution in [1.29, 1.82) is 0 Å². The van der Waals surface area contributed by atoms with Crippen LogP contribution in [0.3, 0.4) is 0 Å². The molecule has 0 spiro atoms. The van der Waals surface area contributed by atoms with Crippen LogP contribution in [0.4, 0.5) is 8.78 Å². The second-order valence-electron chi connectivity index (χ2n) is 3.76. The van der Waals surface area contributed by atoms with E-state index in [4.69, 9.17) is 0 Å². The summed E-state index contributed by atoms with van der Waals surface area (Å²) in [7, 11) is 0. The van der Waals surface area contributed by atoms with Gasteiger partial charge in [-0.3, -0.25) is 9.78 Å². The number of fused-ring (bicyclic) bond motifs is 1. The van der Waals surface area contributed by atoms with Crippen molar-refractivity contribution >= 4 is 16.7 Å². The molecule has 0 fully saturated rings. The number of hydrogen-bond donors (Lipinski definition) is 0. The molecule has 0 amide bonds. The maximum absolute atomic E-state index is 13.6. The van der Waals surface area contributed by atoms with Crippen LogP contribution in [0.1, 0.15) is 30.8 Å². The molecule has 2 aromatic heterocycles. The Bertz CT molecular complexity index is 577. The maximum Gasteiger partial charge on any atom is 0.343 e. The summed E-state index contributed by atoms with van der Waals surface area (Å²) in [5.74, 6) is -0.264. The zero-order chi connectivity index (χ0) is 12.6. The minimum Gasteiger partial charge on any atom is -0.293 e. The van der Waals surface area contributed by atoms with Crippen LogP contribution < -0.4 is 0 Å². The van der Waals surface area contributed by atoms with Crippen molar-refractivity contribution < 1.29 is 13.6 Å². The second kappa shape index (κ2) is 3.87. The molecule has 0 radical (unpaired) electrons. The van der Waals surface area contributed by atoms with Crippen LogP contribution in [0, 0.1) is 0 Å². The van der Waals surface area contributed by atoms with Crippen molar-refractivity contribution in [3.05, 3.63) is 24.2 Å². The molecule has 2 rings (SSSR count). The largest absolute Gasteiger partial charge is 0.343 e. The van der Waals surface area contributed by atoms with E-state index < -0.39 is 6.05 Å². The molecule has 0 aliphatic heterocycles. The maximum atomic E-state index is 13.6. The Morgan fingerprint density at radius 3 is 2.76 bits per heavy atom. The monoisotopic (exact) mass is 239 g/mol. The average Bonchev–Trinajstić information content (AvgIpc) is 2.72. The van der Waals surface area contributed by atoms with Crippen molar-refractivity contribution in [2.75, 3.05) is 0 Å². The van der Waals surface area contributed by atoms with Gasteiger partial charge in [-0.1, -0.05) is 6.92 Å². The molecule has 0 saturated heterocycles. The van der Waals surface area contributed by atoms with Crippen molar-refractivity contribution in [3.8, 4) is 0 Å². The number of rotatable bonds is 3. The van der Waals surface area contributed by atoms with Crippen LogP contribution in [-0.2, 0) is 6.05 Å². The van der Waals surface area contributed by atoms with Gasteiger partial charge in [-0.05, 0) is 6.07 Å². The van der Waals surface area contributed by atoms with Crippen LogP contribution >= 0.6 is 0 Å². The van der Waals surface area contributed by atoms with E-state index in [1.807, 2.05) is 0 Å². The van der Waals surface area contributed by atoms with Gasteiger partial charge < -0.3 is 0 Å². The molecule has 0 aromatic carbocycles. The third-order valence-electron chi connectivity index (χ3n) is 2.55. The van der Waals surface area contributed by atoms with Crippen LogP contribution in [0.5, 0.6) is 0 Å². The quantitative estimate of drug-likeness (QED) is 0.773. The SMILES string of the molecule is CCC(F)(F)n1ncc2cnc(C(C)=O)cc21. The number of Topliss-reactive ketones (excluding diaryl/α,β-unsaturated/α-hetero) is 1. The molecule has 0 bridgehead atoms. The molecular formula is C11H11F2N3O. The van der Waals surface area contributed by atoms with E-state index in [0.717, 1.165) is 0 Å². The second-order valence-corrected chi connectivity index (χ2v) is 3.76. The Balaban J connectivity index is 2.66. The molecule has 4 nitrogen and oxygen atoms in total. The number of aromatic nitrogens is 3. The number of carbonyl (C=O) groups excluding carboxylic acids is 1. The van der Waals surface area contributed by atoms with Gasteiger partial charge in [0.15, 0.2) is 5.78 Å². The fourth-order valence-corrected chi connectivity index (χ4v) is 1.52.